The molecule has 0 aliphatic carbocycles. The lowest BCUT2D eigenvalue weighted by molar-refractivity contribution is -0.138. The second kappa shape index (κ2) is 7.58. The van der Waals surface area contributed by atoms with Crippen LogP contribution in [0.25, 0.3) is 11.1 Å². The Labute approximate surface area is 147 Å². The van der Waals surface area contributed by atoms with Crippen LogP contribution in [0, 0.1) is 11.6 Å². The smallest absolute Gasteiger partial charge is 0.327 e. The summed E-state index contributed by atoms with van der Waals surface area (Å²) in [5.41, 5.74) is -0.436. The fraction of sp³-hybridized carbons (Fsp3) is 0.125. The van der Waals surface area contributed by atoms with E-state index in [0.29, 0.717) is 0 Å². The molecule has 2 aromatic carbocycles. The van der Waals surface area contributed by atoms with Crippen molar-refractivity contribution in [2.24, 2.45) is 0 Å². The molecule has 3 N–H and O–H groups in total. The highest BCUT2D eigenvalue weighted by Gasteiger charge is 2.27. The molecule has 0 fully saturated rings. The molecule has 26 heavy (non-hydrogen) atoms. The standard InChI is InChI=1S/C16H13F2NO6S/c17-12-7-3-6-10(14(12)18)9-4-1-2-5-11(9)15(20)19-13(16(21)22)8-26(23,24)25/h1-7,13H,8H2,(H,19,20)(H,21,22)(H,23,24,25). The number of nitrogens with one attached hydrogen (secondary N) is 1. The van der Waals surface area contributed by atoms with E-state index in [-0.39, 0.29) is 16.7 Å². The van der Waals surface area contributed by atoms with Crippen LogP contribution in [0.5, 0.6) is 0 Å². The molecule has 2 rings (SSSR count). The number of hydrogen-bond donors (Lipinski definition) is 3. The van der Waals surface area contributed by atoms with E-state index in [1.54, 1.807) is 0 Å². The number of hydrogen-bond acceptors (Lipinski definition) is 4. The van der Waals surface area contributed by atoms with Crippen LogP contribution in [-0.4, -0.2) is 41.7 Å². The minimum absolute atomic E-state index is 0.0157. The zero-order valence-electron chi connectivity index (χ0n) is 13.0. The topological polar surface area (TPSA) is 121 Å². The molecule has 138 valence electrons. The van der Waals surface area contributed by atoms with Gasteiger partial charge in [0.25, 0.3) is 16.0 Å². The maximum absolute atomic E-state index is 14.0. The molecular weight excluding hydrogens is 372 g/mol. The van der Waals surface area contributed by atoms with E-state index in [2.05, 4.69) is 0 Å². The Kier molecular flexibility index (Phi) is 5.68. The lowest BCUT2D eigenvalue weighted by Gasteiger charge is -2.15. The highest BCUT2D eigenvalue weighted by Crippen LogP contribution is 2.27. The van der Waals surface area contributed by atoms with Gasteiger partial charge < -0.3 is 10.4 Å². The number of amides is 1. The summed E-state index contributed by atoms with van der Waals surface area (Å²) in [6.45, 7) is 0. The van der Waals surface area contributed by atoms with Gasteiger partial charge >= 0.3 is 5.97 Å². The summed E-state index contributed by atoms with van der Waals surface area (Å²) in [5, 5.41) is 10.9. The zero-order chi connectivity index (χ0) is 19.5. The van der Waals surface area contributed by atoms with Gasteiger partial charge in [0.15, 0.2) is 11.6 Å². The average molecular weight is 385 g/mol. The fourth-order valence-corrected chi connectivity index (χ4v) is 2.90. The number of carboxylic acid groups (broad SMARTS) is 1. The predicted molar refractivity (Wildman–Crippen MR) is 87.1 cm³/mol. The molecule has 0 spiro atoms. The molecule has 1 amide bonds. The predicted octanol–water partition coefficient (Wildman–Crippen LogP) is 1.70. The van der Waals surface area contributed by atoms with Crippen molar-refractivity contribution in [2.45, 2.75) is 6.04 Å². The molecular formula is C16H13F2NO6S. The van der Waals surface area contributed by atoms with Gasteiger partial charge in [-0.2, -0.15) is 8.42 Å². The highest BCUT2D eigenvalue weighted by molar-refractivity contribution is 7.85. The normalized spacial score (nSPS) is 12.4. The second-order valence-corrected chi connectivity index (χ2v) is 6.76. The molecule has 1 unspecified atom stereocenters. The van der Waals surface area contributed by atoms with E-state index in [9.17, 15) is 26.8 Å². The van der Waals surface area contributed by atoms with Crippen molar-refractivity contribution in [1.29, 1.82) is 0 Å². The lowest BCUT2D eigenvalue weighted by atomic mass is 9.98. The van der Waals surface area contributed by atoms with E-state index in [4.69, 9.17) is 9.66 Å². The number of carbonyl (C=O) groups excluding carboxylic acids is 1. The second-order valence-electron chi connectivity index (χ2n) is 5.26. The maximum Gasteiger partial charge on any atom is 0.327 e. The Balaban J connectivity index is 2.41. The van der Waals surface area contributed by atoms with Crippen molar-refractivity contribution in [3.8, 4) is 11.1 Å². The van der Waals surface area contributed by atoms with E-state index in [1.807, 2.05) is 5.32 Å². The first-order chi connectivity index (χ1) is 12.1. The van der Waals surface area contributed by atoms with E-state index in [1.165, 1.54) is 36.4 Å². The Bertz CT molecular complexity index is 961. The van der Waals surface area contributed by atoms with E-state index in [0.717, 1.165) is 6.07 Å². The minimum atomic E-state index is -4.68. The summed E-state index contributed by atoms with van der Waals surface area (Å²) in [7, 11) is -4.68. The van der Waals surface area contributed by atoms with E-state index < -0.39 is 45.4 Å². The minimum Gasteiger partial charge on any atom is -0.480 e. The van der Waals surface area contributed by atoms with Crippen molar-refractivity contribution in [3.05, 3.63) is 59.7 Å². The lowest BCUT2D eigenvalue weighted by Crippen LogP contribution is -2.45. The van der Waals surface area contributed by atoms with Crippen LogP contribution in [0.15, 0.2) is 42.5 Å². The third kappa shape index (κ3) is 4.61. The molecule has 0 radical (unpaired) electrons. The van der Waals surface area contributed by atoms with Crippen molar-refractivity contribution in [3.63, 3.8) is 0 Å². The third-order valence-corrected chi connectivity index (χ3v) is 4.15. The quantitative estimate of drug-likeness (QED) is 0.651. The summed E-state index contributed by atoms with van der Waals surface area (Å²) >= 11 is 0. The number of rotatable bonds is 6. The van der Waals surface area contributed by atoms with Gasteiger partial charge in [0.2, 0.25) is 0 Å². The van der Waals surface area contributed by atoms with Crippen LogP contribution in [0.2, 0.25) is 0 Å². The first kappa shape index (κ1) is 19.5. The van der Waals surface area contributed by atoms with Crippen LogP contribution < -0.4 is 5.32 Å². The van der Waals surface area contributed by atoms with Crippen LogP contribution in [0.1, 0.15) is 10.4 Å². The Morgan fingerprint density at radius 1 is 1.04 bits per heavy atom. The van der Waals surface area contributed by atoms with Crippen molar-refractivity contribution in [1.82, 2.24) is 5.32 Å². The molecule has 2 aromatic rings. The molecule has 7 nitrogen and oxygen atoms in total. The molecule has 10 heteroatoms. The average Bonchev–Trinajstić information content (AvgIpc) is 2.55. The van der Waals surface area contributed by atoms with Crippen LogP contribution in [0.3, 0.4) is 0 Å². The fourth-order valence-electron chi connectivity index (χ4n) is 2.25. The zero-order valence-corrected chi connectivity index (χ0v) is 13.8. The monoisotopic (exact) mass is 385 g/mol. The van der Waals surface area contributed by atoms with Gasteiger partial charge in [0, 0.05) is 11.1 Å². The van der Waals surface area contributed by atoms with Gasteiger partial charge in [-0.3, -0.25) is 9.35 Å². The van der Waals surface area contributed by atoms with Crippen molar-refractivity contribution in [2.75, 3.05) is 5.75 Å². The van der Waals surface area contributed by atoms with Crippen molar-refractivity contribution < 1.29 is 36.4 Å². The van der Waals surface area contributed by atoms with Crippen LogP contribution in [0.4, 0.5) is 8.78 Å². The number of carbonyl (C=O) groups is 2. The number of carboxylic acids is 1. The van der Waals surface area contributed by atoms with Gasteiger partial charge in [-0.25, -0.2) is 13.6 Å². The number of halogens is 2. The molecule has 0 aliphatic rings. The van der Waals surface area contributed by atoms with Gasteiger partial charge in [-0.05, 0) is 17.7 Å². The van der Waals surface area contributed by atoms with E-state index >= 15 is 0 Å². The number of benzene rings is 2. The first-order valence-corrected chi connectivity index (χ1v) is 8.73. The van der Waals surface area contributed by atoms with Gasteiger partial charge in [0.1, 0.15) is 11.8 Å². The highest BCUT2D eigenvalue weighted by atomic mass is 32.2. The number of aliphatic carboxylic acids is 1. The molecule has 0 saturated heterocycles. The summed E-state index contributed by atoms with van der Waals surface area (Å²) in [5.74, 6) is -6.29. The largest absolute Gasteiger partial charge is 0.480 e. The Morgan fingerprint density at radius 2 is 1.65 bits per heavy atom. The molecule has 0 bridgehead atoms. The van der Waals surface area contributed by atoms with Crippen LogP contribution >= 0.6 is 0 Å². The van der Waals surface area contributed by atoms with Gasteiger partial charge in [-0.15, -0.1) is 0 Å². The molecule has 0 aromatic heterocycles. The first-order valence-electron chi connectivity index (χ1n) is 7.12. The van der Waals surface area contributed by atoms with Gasteiger partial charge in [0.05, 0.1) is 0 Å². The Hall–Kier alpha value is -2.85. The third-order valence-electron chi connectivity index (χ3n) is 3.39. The Morgan fingerprint density at radius 3 is 2.27 bits per heavy atom. The van der Waals surface area contributed by atoms with Crippen molar-refractivity contribution >= 4 is 22.0 Å². The molecule has 0 saturated carbocycles. The SMILES string of the molecule is O=C(NC(CS(=O)(=O)O)C(=O)O)c1ccccc1-c1cccc(F)c1F. The van der Waals surface area contributed by atoms with Crippen LogP contribution in [-0.2, 0) is 14.9 Å². The molecule has 0 heterocycles. The summed E-state index contributed by atoms with van der Waals surface area (Å²) in [6, 6.07) is 6.87. The van der Waals surface area contributed by atoms with Gasteiger partial charge in [-0.1, -0.05) is 30.3 Å². The maximum atomic E-state index is 14.0. The molecule has 0 aliphatic heterocycles. The summed E-state index contributed by atoms with van der Waals surface area (Å²) in [6.07, 6.45) is 0. The molecule has 1 atom stereocenters. The summed E-state index contributed by atoms with van der Waals surface area (Å²) in [4.78, 5) is 23.5. The summed E-state index contributed by atoms with van der Waals surface area (Å²) < 4.78 is 58.0.